The third kappa shape index (κ3) is 2.67. The topological polar surface area (TPSA) is 4.93 Å². The molecule has 2 rings (SSSR count). The van der Waals surface area contributed by atoms with Gasteiger partial charge in [0.2, 0.25) is 0 Å². The molecule has 3 heteroatoms. The van der Waals surface area contributed by atoms with Crippen LogP contribution in [0.3, 0.4) is 0 Å². The molecule has 0 spiro atoms. The molecule has 1 aromatic carbocycles. The van der Waals surface area contributed by atoms with Crippen molar-refractivity contribution in [1.82, 2.24) is 4.57 Å². The molecule has 0 N–H and O–H groups in total. The minimum Gasteiger partial charge on any atom is -0.319 e. The number of allylic oxidation sites excluding steroid dienone is 1. The Morgan fingerprint density at radius 1 is 1.29 bits per heavy atom. The van der Waals surface area contributed by atoms with Crippen LogP contribution in [0.4, 0.5) is 4.39 Å². The van der Waals surface area contributed by atoms with Gasteiger partial charge in [0, 0.05) is 22.8 Å². The van der Waals surface area contributed by atoms with E-state index in [9.17, 15) is 4.39 Å². The molecule has 0 bridgehead atoms. The Morgan fingerprint density at radius 3 is 2.65 bits per heavy atom. The molecule has 0 aliphatic rings. The molecule has 0 unspecified atom stereocenters. The third-order valence-electron chi connectivity index (χ3n) is 2.60. The van der Waals surface area contributed by atoms with E-state index in [1.54, 1.807) is 16.8 Å². The highest BCUT2D eigenvalue weighted by Crippen LogP contribution is 2.23. The van der Waals surface area contributed by atoms with Crippen LogP contribution in [-0.4, -0.2) is 4.57 Å². The predicted molar refractivity (Wildman–Crippen MR) is 71.5 cm³/mol. The van der Waals surface area contributed by atoms with Gasteiger partial charge in [-0.1, -0.05) is 36.4 Å². The largest absolute Gasteiger partial charge is 0.319 e. The van der Waals surface area contributed by atoms with Crippen molar-refractivity contribution < 1.29 is 4.39 Å². The summed E-state index contributed by atoms with van der Waals surface area (Å²) >= 11 is 3.37. The van der Waals surface area contributed by atoms with Crippen molar-refractivity contribution in [2.45, 2.75) is 13.0 Å². The van der Waals surface area contributed by atoms with Crippen molar-refractivity contribution in [1.29, 1.82) is 0 Å². The Morgan fingerprint density at radius 2 is 2.00 bits per heavy atom. The fourth-order valence-corrected chi connectivity index (χ4v) is 2.34. The fraction of sp³-hybridized carbons (Fsp3) is 0.143. The molecule has 2 aromatic rings. The van der Waals surface area contributed by atoms with Crippen LogP contribution in [0.2, 0.25) is 0 Å². The molecule has 0 amide bonds. The van der Waals surface area contributed by atoms with Crippen LogP contribution in [0.5, 0.6) is 0 Å². The summed E-state index contributed by atoms with van der Waals surface area (Å²) in [6.45, 7) is 4.18. The van der Waals surface area contributed by atoms with E-state index in [1.165, 1.54) is 0 Å². The van der Waals surface area contributed by atoms with Crippen LogP contribution >= 0.6 is 15.9 Å². The lowest BCUT2D eigenvalue weighted by molar-refractivity contribution is 0.508. The normalized spacial score (nSPS) is 10.5. The highest BCUT2D eigenvalue weighted by atomic mass is 79.9. The Labute approximate surface area is 109 Å². The first-order valence-electron chi connectivity index (χ1n) is 5.40. The maximum Gasteiger partial charge on any atom is 0.198 e. The number of hydrogen-bond acceptors (Lipinski definition) is 0. The highest BCUT2D eigenvalue weighted by molar-refractivity contribution is 9.10. The summed E-state index contributed by atoms with van der Waals surface area (Å²) in [5, 5.41) is 0. The SMILES string of the molecule is C=CCc1c(Br)cn(Cc2ccccc2)c1F. The van der Waals surface area contributed by atoms with E-state index in [0.29, 0.717) is 18.5 Å². The molecule has 0 fully saturated rings. The minimum atomic E-state index is -0.194. The number of aromatic nitrogens is 1. The molecule has 0 saturated heterocycles. The van der Waals surface area contributed by atoms with Gasteiger partial charge in [0.15, 0.2) is 5.95 Å². The standard InChI is InChI=1S/C14H13BrFN/c1-2-6-12-13(15)10-17(14(12)16)9-11-7-4-3-5-8-11/h2-5,7-8,10H,1,6,9H2. The zero-order valence-electron chi connectivity index (χ0n) is 9.37. The monoisotopic (exact) mass is 293 g/mol. The van der Waals surface area contributed by atoms with Crippen molar-refractivity contribution in [2.75, 3.05) is 0 Å². The average molecular weight is 294 g/mol. The van der Waals surface area contributed by atoms with Crippen LogP contribution in [0.15, 0.2) is 53.7 Å². The van der Waals surface area contributed by atoms with Gasteiger partial charge < -0.3 is 4.57 Å². The van der Waals surface area contributed by atoms with E-state index >= 15 is 0 Å². The zero-order valence-corrected chi connectivity index (χ0v) is 11.0. The predicted octanol–water partition coefficient (Wildman–Crippen LogP) is 4.17. The van der Waals surface area contributed by atoms with E-state index in [4.69, 9.17) is 0 Å². The number of benzene rings is 1. The van der Waals surface area contributed by atoms with Crippen molar-refractivity contribution in [3.63, 3.8) is 0 Å². The summed E-state index contributed by atoms with van der Waals surface area (Å²) < 4.78 is 16.5. The molecule has 17 heavy (non-hydrogen) atoms. The van der Waals surface area contributed by atoms with Crippen molar-refractivity contribution >= 4 is 15.9 Å². The Balaban J connectivity index is 2.28. The van der Waals surface area contributed by atoms with E-state index in [0.717, 1.165) is 10.0 Å². The Kier molecular flexibility index (Phi) is 3.79. The van der Waals surface area contributed by atoms with Gasteiger partial charge in [0.05, 0.1) is 0 Å². The van der Waals surface area contributed by atoms with Crippen LogP contribution in [0.1, 0.15) is 11.1 Å². The Hall–Kier alpha value is -1.35. The second-order valence-electron chi connectivity index (χ2n) is 3.85. The molecule has 1 heterocycles. The van der Waals surface area contributed by atoms with Crippen molar-refractivity contribution in [3.8, 4) is 0 Å². The molecule has 0 aliphatic carbocycles. The summed E-state index contributed by atoms with van der Waals surface area (Å²) in [5.74, 6) is -0.194. The lowest BCUT2D eigenvalue weighted by atomic mass is 10.2. The second-order valence-corrected chi connectivity index (χ2v) is 4.71. The average Bonchev–Trinajstić information content (AvgIpc) is 2.59. The first-order chi connectivity index (χ1) is 8.22. The molecule has 0 aliphatic heterocycles. The Bertz CT molecular complexity index is 517. The van der Waals surface area contributed by atoms with Crippen molar-refractivity contribution in [3.05, 3.63) is 70.7 Å². The summed E-state index contributed by atoms with van der Waals surface area (Å²) in [5.41, 5.74) is 1.75. The molecular formula is C14H13BrFN. The zero-order chi connectivity index (χ0) is 12.3. The summed E-state index contributed by atoms with van der Waals surface area (Å²) in [6, 6.07) is 9.84. The molecule has 1 aromatic heterocycles. The summed E-state index contributed by atoms with van der Waals surface area (Å²) in [6.07, 6.45) is 4.02. The maximum absolute atomic E-state index is 14.1. The number of halogens is 2. The molecule has 0 saturated carbocycles. The van der Waals surface area contributed by atoms with E-state index < -0.39 is 0 Å². The van der Waals surface area contributed by atoms with Gasteiger partial charge in [-0.15, -0.1) is 6.58 Å². The summed E-state index contributed by atoms with van der Waals surface area (Å²) in [4.78, 5) is 0. The molecule has 0 atom stereocenters. The number of nitrogens with zero attached hydrogens (tertiary/aromatic N) is 1. The smallest absolute Gasteiger partial charge is 0.198 e. The molecule has 0 radical (unpaired) electrons. The van der Waals surface area contributed by atoms with Gasteiger partial charge in [-0.05, 0) is 27.9 Å². The van der Waals surface area contributed by atoms with E-state index in [2.05, 4.69) is 22.5 Å². The van der Waals surface area contributed by atoms with Crippen LogP contribution < -0.4 is 0 Å². The third-order valence-corrected chi connectivity index (χ3v) is 3.29. The van der Waals surface area contributed by atoms with E-state index in [-0.39, 0.29) is 5.95 Å². The van der Waals surface area contributed by atoms with Crippen molar-refractivity contribution in [2.24, 2.45) is 0 Å². The molecule has 88 valence electrons. The number of rotatable bonds is 4. The first-order valence-corrected chi connectivity index (χ1v) is 6.19. The van der Waals surface area contributed by atoms with Gasteiger partial charge >= 0.3 is 0 Å². The second kappa shape index (κ2) is 5.32. The summed E-state index contributed by atoms with van der Waals surface area (Å²) in [7, 11) is 0. The highest BCUT2D eigenvalue weighted by Gasteiger charge is 2.12. The minimum absolute atomic E-state index is 0.194. The maximum atomic E-state index is 14.1. The van der Waals surface area contributed by atoms with Crippen LogP contribution in [0.25, 0.3) is 0 Å². The van der Waals surface area contributed by atoms with Gasteiger partial charge in [-0.3, -0.25) is 0 Å². The van der Waals surface area contributed by atoms with Gasteiger partial charge in [0.25, 0.3) is 0 Å². The van der Waals surface area contributed by atoms with Gasteiger partial charge in [0.1, 0.15) is 0 Å². The van der Waals surface area contributed by atoms with Crippen LogP contribution in [0, 0.1) is 5.95 Å². The first kappa shape index (κ1) is 12.1. The van der Waals surface area contributed by atoms with Gasteiger partial charge in [-0.25, -0.2) is 0 Å². The molecular weight excluding hydrogens is 281 g/mol. The lowest BCUT2D eigenvalue weighted by Crippen LogP contribution is -2.01. The van der Waals surface area contributed by atoms with Crippen LogP contribution in [-0.2, 0) is 13.0 Å². The quantitative estimate of drug-likeness (QED) is 0.746. The molecule has 1 nitrogen and oxygen atoms in total. The number of hydrogen-bond donors (Lipinski definition) is 0. The fourth-order valence-electron chi connectivity index (χ4n) is 1.76. The van der Waals surface area contributed by atoms with Gasteiger partial charge in [-0.2, -0.15) is 4.39 Å². The van der Waals surface area contributed by atoms with E-state index in [1.807, 2.05) is 30.3 Å². The lowest BCUT2D eigenvalue weighted by Gasteiger charge is -2.04.